The summed E-state index contributed by atoms with van der Waals surface area (Å²) < 4.78 is 83.0. The third-order valence-corrected chi connectivity index (χ3v) is 8.35. The molecule has 0 radical (unpaired) electrons. The Balaban J connectivity index is 1.90. The summed E-state index contributed by atoms with van der Waals surface area (Å²) in [4.78, 5) is 29.7. The van der Waals surface area contributed by atoms with Gasteiger partial charge in [-0.15, -0.1) is 0 Å². The molecule has 1 saturated heterocycles. The zero-order valence-corrected chi connectivity index (χ0v) is 21.2. The number of hydrogen-bond acceptors (Lipinski definition) is 6. The molecule has 4 rings (SSSR count). The van der Waals surface area contributed by atoms with E-state index in [1.807, 2.05) is 0 Å². The van der Waals surface area contributed by atoms with E-state index < -0.39 is 61.7 Å². The maximum absolute atomic E-state index is 15.5. The van der Waals surface area contributed by atoms with Gasteiger partial charge in [0.1, 0.15) is 0 Å². The molecule has 8 nitrogen and oxygen atoms in total. The molecule has 1 aromatic heterocycles. The van der Waals surface area contributed by atoms with E-state index >= 15 is 4.39 Å². The zero-order valence-electron chi connectivity index (χ0n) is 19.6. The fourth-order valence-electron chi connectivity index (χ4n) is 4.34. The topological polar surface area (TPSA) is 104 Å². The van der Waals surface area contributed by atoms with Gasteiger partial charge in [0.2, 0.25) is 0 Å². The Labute approximate surface area is 213 Å². The van der Waals surface area contributed by atoms with Gasteiger partial charge in [-0.3, -0.25) is 14.3 Å². The van der Waals surface area contributed by atoms with Crippen LogP contribution in [0.3, 0.4) is 0 Å². The summed E-state index contributed by atoms with van der Waals surface area (Å²) in [6, 6.07) is 4.33. The normalized spacial score (nSPS) is 15.4. The minimum atomic E-state index is -4.97. The molecule has 1 aliphatic rings. The van der Waals surface area contributed by atoms with E-state index in [0.717, 1.165) is 0 Å². The van der Waals surface area contributed by atoms with Gasteiger partial charge >= 0.3 is 11.9 Å². The number of hydrogen-bond donors (Lipinski definition) is 2. The highest BCUT2D eigenvalue weighted by molar-refractivity contribution is 7.91. The fraction of sp³-hybridized carbons (Fsp3) is 0.391. The van der Waals surface area contributed by atoms with Crippen molar-refractivity contribution in [2.75, 3.05) is 31.9 Å². The number of rotatable bonds is 6. The van der Waals surface area contributed by atoms with Crippen LogP contribution in [0.25, 0.3) is 10.9 Å². The first-order valence-corrected chi connectivity index (χ1v) is 13.4. The highest BCUT2D eigenvalue weighted by atomic mass is 35.5. The molecule has 1 aliphatic heterocycles. The van der Waals surface area contributed by atoms with Crippen LogP contribution in [0.15, 0.2) is 38.8 Å². The molecule has 0 atom stereocenters. The molecule has 3 aromatic rings. The molecule has 200 valence electrons. The quantitative estimate of drug-likeness (QED) is 0.448. The number of aromatic amines is 1. The number of nitrogens with one attached hydrogen (secondary N) is 2. The lowest BCUT2D eigenvalue weighted by atomic mass is 10.0. The molecule has 0 saturated carbocycles. The molecule has 2 aromatic carbocycles. The molecule has 0 spiro atoms. The monoisotopic (exact) mass is 562 g/mol. The molecule has 0 aliphatic carbocycles. The van der Waals surface area contributed by atoms with E-state index in [0.29, 0.717) is 36.8 Å². The molecule has 1 fully saturated rings. The Hall–Kier alpha value is -2.74. The second-order valence-corrected chi connectivity index (χ2v) is 11.3. The Kier molecular flexibility index (Phi) is 7.52. The average Bonchev–Trinajstić information content (AvgIpc) is 2.83. The lowest BCUT2D eigenvalue weighted by Crippen LogP contribution is -2.43. The van der Waals surface area contributed by atoms with E-state index in [4.69, 9.17) is 11.6 Å². The van der Waals surface area contributed by atoms with Crippen LogP contribution in [-0.2, 0) is 29.1 Å². The first kappa shape index (κ1) is 27.3. The van der Waals surface area contributed by atoms with Crippen LogP contribution in [0, 0.1) is 5.82 Å². The number of benzene rings is 2. The number of H-pyrrole nitrogens is 1. The number of fused-ring (bicyclic) bond motifs is 1. The summed E-state index contributed by atoms with van der Waals surface area (Å²) in [6.07, 6.45) is -4.97. The number of alkyl halides is 3. The third-order valence-electron chi connectivity index (χ3n) is 6.28. The Morgan fingerprint density at radius 1 is 1.08 bits per heavy atom. The summed E-state index contributed by atoms with van der Waals surface area (Å²) in [5.74, 6) is -1.61. The molecular formula is C23H23ClF4N4O4S. The van der Waals surface area contributed by atoms with Crippen LogP contribution in [0.2, 0.25) is 5.02 Å². The minimum absolute atomic E-state index is 0.00635. The van der Waals surface area contributed by atoms with Crippen LogP contribution in [0.5, 0.6) is 0 Å². The predicted molar refractivity (Wildman–Crippen MR) is 130 cm³/mol. The van der Waals surface area contributed by atoms with Gasteiger partial charge < -0.3 is 10.3 Å². The largest absolute Gasteiger partial charge is 0.416 e. The fourth-order valence-corrected chi connectivity index (χ4v) is 5.64. The maximum Gasteiger partial charge on any atom is 0.416 e. The molecule has 37 heavy (non-hydrogen) atoms. The number of aromatic nitrogens is 2. The van der Waals surface area contributed by atoms with Crippen molar-refractivity contribution >= 4 is 32.3 Å². The first-order valence-electron chi connectivity index (χ1n) is 11.3. The Morgan fingerprint density at radius 2 is 1.76 bits per heavy atom. The van der Waals surface area contributed by atoms with E-state index in [1.165, 1.54) is 25.1 Å². The van der Waals surface area contributed by atoms with Gasteiger partial charge in [0.05, 0.1) is 33.7 Å². The van der Waals surface area contributed by atoms with Gasteiger partial charge in [0.15, 0.2) is 15.7 Å². The van der Waals surface area contributed by atoms with Crippen molar-refractivity contribution in [3.05, 3.63) is 72.6 Å². The Morgan fingerprint density at radius 3 is 2.38 bits per heavy atom. The average molecular weight is 563 g/mol. The van der Waals surface area contributed by atoms with Gasteiger partial charge in [0.25, 0.3) is 5.56 Å². The molecule has 2 N–H and O–H groups in total. The molecule has 0 unspecified atom stereocenters. The predicted octanol–water partition coefficient (Wildman–Crippen LogP) is 2.75. The van der Waals surface area contributed by atoms with E-state index in [1.54, 1.807) is 4.90 Å². The van der Waals surface area contributed by atoms with Gasteiger partial charge in [0, 0.05) is 43.3 Å². The van der Waals surface area contributed by atoms with Crippen molar-refractivity contribution in [1.29, 1.82) is 0 Å². The summed E-state index contributed by atoms with van der Waals surface area (Å²) in [7, 11) is -3.79. The highest BCUT2D eigenvalue weighted by Crippen LogP contribution is 2.36. The molecule has 0 bridgehead atoms. The Bertz CT molecular complexity index is 1580. The minimum Gasteiger partial charge on any atom is -0.314 e. The second kappa shape index (κ2) is 10.2. The van der Waals surface area contributed by atoms with Crippen molar-refractivity contribution in [3.8, 4) is 0 Å². The van der Waals surface area contributed by atoms with Crippen molar-refractivity contribution in [3.63, 3.8) is 0 Å². The van der Waals surface area contributed by atoms with Gasteiger partial charge in [-0.1, -0.05) is 18.5 Å². The first-order chi connectivity index (χ1) is 17.3. The van der Waals surface area contributed by atoms with E-state index in [-0.39, 0.29) is 27.8 Å². The SMILES string of the molecule is CCS(=O)(=O)c1ccc(Cl)cc1Cn1c(=O)[nH]c2c(F)c(CN3CCNCC3)c(C(F)(F)F)cc2c1=O. The van der Waals surface area contributed by atoms with Crippen molar-refractivity contribution < 1.29 is 26.0 Å². The molecular weight excluding hydrogens is 540 g/mol. The van der Waals surface area contributed by atoms with Crippen molar-refractivity contribution in [2.24, 2.45) is 0 Å². The standard InChI is InChI=1S/C23H23ClF4N4O4S/c1-2-37(35,36)18-4-3-14(24)9-13(18)11-32-21(33)15-10-17(23(26,27)28)16(12-31-7-5-29-6-8-31)19(25)20(15)30-22(32)34/h3-4,9-10,29H,2,5-8,11-12H2,1H3,(H,30,34). The van der Waals surface area contributed by atoms with Crippen LogP contribution >= 0.6 is 11.6 Å². The summed E-state index contributed by atoms with van der Waals surface area (Å²) in [5.41, 5.74) is -4.93. The van der Waals surface area contributed by atoms with E-state index in [2.05, 4.69) is 10.3 Å². The number of sulfone groups is 1. The summed E-state index contributed by atoms with van der Waals surface area (Å²) in [6.45, 7) is 2.29. The molecule has 2 heterocycles. The van der Waals surface area contributed by atoms with Crippen LogP contribution in [0.4, 0.5) is 17.6 Å². The second-order valence-electron chi connectivity index (χ2n) is 8.64. The van der Waals surface area contributed by atoms with Gasteiger partial charge in [-0.2, -0.15) is 13.2 Å². The summed E-state index contributed by atoms with van der Waals surface area (Å²) in [5, 5.41) is 2.49. The van der Waals surface area contributed by atoms with Crippen molar-refractivity contribution in [1.82, 2.24) is 19.8 Å². The zero-order chi connectivity index (χ0) is 27.1. The van der Waals surface area contributed by atoms with Gasteiger partial charge in [-0.05, 0) is 29.8 Å². The summed E-state index contributed by atoms with van der Waals surface area (Å²) >= 11 is 5.99. The smallest absolute Gasteiger partial charge is 0.314 e. The lowest BCUT2D eigenvalue weighted by molar-refractivity contribution is -0.138. The van der Waals surface area contributed by atoms with Crippen LogP contribution in [-0.4, -0.2) is 54.8 Å². The number of piperazine rings is 1. The highest BCUT2D eigenvalue weighted by Gasteiger charge is 2.37. The number of halogens is 5. The molecule has 14 heteroatoms. The lowest BCUT2D eigenvalue weighted by Gasteiger charge is -2.28. The van der Waals surface area contributed by atoms with Gasteiger partial charge in [-0.25, -0.2) is 17.6 Å². The van der Waals surface area contributed by atoms with E-state index in [9.17, 15) is 31.2 Å². The third kappa shape index (κ3) is 5.44. The molecule has 0 amide bonds. The number of nitrogens with zero attached hydrogens (tertiary/aromatic N) is 2. The maximum atomic E-state index is 15.5. The van der Waals surface area contributed by atoms with Crippen LogP contribution < -0.4 is 16.6 Å². The van der Waals surface area contributed by atoms with Crippen molar-refractivity contribution in [2.45, 2.75) is 31.1 Å². The van der Waals surface area contributed by atoms with Crippen LogP contribution in [0.1, 0.15) is 23.6 Å².